The van der Waals surface area contributed by atoms with Crippen LogP contribution in [0.5, 0.6) is 5.75 Å². The van der Waals surface area contributed by atoms with Crippen molar-refractivity contribution >= 4 is 17.9 Å². The van der Waals surface area contributed by atoms with Crippen LogP contribution >= 0.6 is 0 Å². The molecule has 0 spiro atoms. The van der Waals surface area contributed by atoms with Crippen LogP contribution in [0.4, 0.5) is 4.79 Å². The molecule has 2 aliphatic heterocycles. The zero-order valence-corrected chi connectivity index (χ0v) is 17.8. The average Bonchev–Trinajstić information content (AvgIpc) is 3.15. The second-order valence-corrected chi connectivity index (χ2v) is 8.04. The summed E-state index contributed by atoms with van der Waals surface area (Å²) in [5.41, 5.74) is 0.901. The number of nitrogens with zero attached hydrogens (tertiary/aromatic N) is 2. The summed E-state index contributed by atoms with van der Waals surface area (Å²) in [6, 6.07) is 7.08. The highest BCUT2D eigenvalue weighted by Crippen LogP contribution is 2.26. The molecule has 0 aliphatic carbocycles. The number of hydrogen-bond acceptors (Lipinski definition) is 6. The maximum Gasteiger partial charge on any atom is 0.416 e. The van der Waals surface area contributed by atoms with Crippen LogP contribution in [0.3, 0.4) is 0 Å². The van der Waals surface area contributed by atoms with Gasteiger partial charge in [-0.05, 0) is 30.0 Å². The molecule has 2 saturated heterocycles. The monoisotopic (exact) mass is 418 g/mol. The van der Waals surface area contributed by atoms with Crippen molar-refractivity contribution in [1.29, 1.82) is 0 Å². The maximum atomic E-state index is 13.4. The van der Waals surface area contributed by atoms with Gasteiger partial charge in [0, 0.05) is 19.5 Å². The van der Waals surface area contributed by atoms with E-state index in [1.807, 2.05) is 38.1 Å². The van der Waals surface area contributed by atoms with E-state index in [2.05, 4.69) is 0 Å². The molecule has 8 heteroatoms. The number of cyclic esters (lactones) is 1. The van der Waals surface area contributed by atoms with Gasteiger partial charge in [-0.2, -0.15) is 0 Å². The summed E-state index contributed by atoms with van der Waals surface area (Å²) in [5, 5.41) is 0. The summed E-state index contributed by atoms with van der Waals surface area (Å²) in [6.45, 7) is 6.11. The first-order chi connectivity index (χ1) is 14.4. The lowest BCUT2D eigenvalue weighted by molar-refractivity contribution is -0.142. The Morgan fingerprint density at radius 1 is 1.17 bits per heavy atom. The van der Waals surface area contributed by atoms with Gasteiger partial charge in [0.25, 0.3) is 0 Å². The molecule has 0 saturated carbocycles. The molecule has 2 unspecified atom stereocenters. The van der Waals surface area contributed by atoms with Crippen LogP contribution in [-0.2, 0) is 25.5 Å². The Labute approximate surface area is 177 Å². The van der Waals surface area contributed by atoms with Crippen molar-refractivity contribution in [1.82, 2.24) is 9.80 Å². The first-order valence-corrected chi connectivity index (χ1v) is 10.4. The summed E-state index contributed by atoms with van der Waals surface area (Å²) < 4.78 is 15.7. The number of carbonyl (C=O) groups excluding carboxylic acids is 3. The molecule has 3 rings (SSSR count). The van der Waals surface area contributed by atoms with Gasteiger partial charge in [0.2, 0.25) is 11.8 Å². The van der Waals surface area contributed by atoms with Crippen molar-refractivity contribution in [2.45, 2.75) is 32.7 Å². The highest BCUT2D eigenvalue weighted by Gasteiger charge is 2.42. The van der Waals surface area contributed by atoms with Gasteiger partial charge < -0.3 is 19.1 Å². The summed E-state index contributed by atoms with van der Waals surface area (Å²) in [7, 11) is 1.59. The molecule has 2 atom stereocenters. The van der Waals surface area contributed by atoms with E-state index in [0.29, 0.717) is 38.5 Å². The minimum atomic E-state index is -0.652. The summed E-state index contributed by atoms with van der Waals surface area (Å²) in [6.07, 6.45) is -0.232. The zero-order chi connectivity index (χ0) is 21.7. The average molecular weight is 418 g/mol. The van der Waals surface area contributed by atoms with Crippen molar-refractivity contribution in [2.75, 3.05) is 40.0 Å². The van der Waals surface area contributed by atoms with E-state index >= 15 is 0 Å². The molecule has 0 N–H and O–H groups in total. The highest BCUT2D eigenvalue weighted by atomic mass is 16.6. The number of imide groups is 1. The molecular weight excluding hydrogens is 388 g/mol. The van der Waals surface area contributed by atoms with E-state index in [1.54, 1.807) is 12.0 Å². The molecule has 1 aromatic carbocycles. The Morgan fingerprint density at radius 3 is 2.43 bits per heavy atom. The van der Waals surface area contributed by atoms with Crippen molar-refractivity contribution in [3.05, 3.63) is 29.8 Å². The summed E-state index contributed by atoms with van der Waals surface area (Å²) in [5.74, 6) is -0.320. The number of carbonyl (C=O) groups is 3. The predicted molar refractivity (Wildman–Crippen MR) is 109 cm³/mol. The van der Waals surface area contributed by atoms with Gasteiger partial charge in [-0.25, -0.2) is 9.69 Å². The lowest BCUT2D eigenvalue weighted by Gasteiger charge is -2.30. The lowest BCUT2D eigenvalue weighted by Crippen LogP contribution is -2.47. The fraction of sp³-hybridized carbons (Fsp3) is 0.591. The Kier molecular flexibility index (Phi) is 7.31. The molecule has 0 aromatic heterocycles. The molecule has 2 heterocycles. The van der Waals surface area contributed by atoms with Gasteiger partial charge in [0.05, 0.1) is 32.3 Å². The number of amides is 3. The summed E-state index contributed by atoms with van der Waals surface area (Å²) in [4.78, 5) is 41.5. The Balaban J connectivity index is 1.80. The van der Waals surface area contributed by atoms with Gasteiger partial charge in [-0.1, -0.05) is 26.0 Å². The van der Waals surface area contributed by atoms with Crippen molar-refractivity contribution < 1.29 is 28.6 Å². The van der Waals surface area contributed by atoms with Gasteiger partial charge in [0.15, 0.2) is 0 Å². The van der Waals surface area contributed by atoms with Gasteiger partial charge in [-0.15, -0.1) is 0 Å². The fourth-order valence-electron chi connectivity index (χ4n) is 3.82. The molecule has 0 radical (unpaired) electrons. The number of morpholine rings is 1. The van der Waals surface area contributed by atoms with Crippen molar-refractivity contribution in [3.63, 3.8) is 0 Å². The third-order valence-electron chi connectivity index (χ3n) is 5.69. The third kappa shape index (κ3) is 5.11. The predicted octanol–water partition coefficient (Wildman–Crippen LogP) is 2.11. The third-order valence-corrected chi connectivity index (χ3v) is 5.69. The molecule has 2 aliphatic rings. The topological polar surface area (TPSA) is 85.4 Å². The Bertz CT molecular complexity index is 757. The second kappa shape index (κ2) is 9.93. The van der Waals surface area contributed by atoms with Crippen LogP contribution < -0.4 is 4.74 Å². The van der Waals surface area contributed by atoms with Gasteiger partial charge in [0.1, 0.15) is 12.4 Å². The van der Waals surface area contributed by atoms with E-state index in [0.717, 1.165) is 5.56 Å². The van der Waals surface area contributed by atoms with E-state index in [-0.39, 0.29) is 36.8 Å². The van der Waals surface area contributed by atoms with E-state index < -0.39 is 12.0 Å². The van der Waals surface area contributed by atoms with E-state index in [4.69, 9.17) is 14.2 Å². The smallest absolute Gasteiger partial charge is 0.416 e. The van der Waals surface area contributed by atoms with Crippen molar-refractivity contribution in [3.8, 4) is 5.75 Å². The first kappa shape index (κ1) is 22.1. The molecule has 1 aromatic rings. The molecule has 2 fully saturated rings. The first-order valence-electron chi connectivity index (χ1n) is 10.4. The van der Waals surface area contributed by atoms with Gasteiger partial charge in [-0.3, -0.25) is 9.59 Å². The van der Waals surface area contributed by atoms with Crippen molar-refractivity contribution in [2.24, 2.45) is 11.8 Å². The minimum absolute atomic E-state index is 0.0411. The molecule has 30 heavy (non-hydrogen) atoms. The number of hydrogen-bond donors (Lipinski definition) is 0. The van der Waals surface area contributed by atoms with Gasteiger partial charge >= 0.3 is 6.09 Å². The largest absolute Gasteiger partial charge is 0.497 e. The normalized spacial score (nSPS) is 20.3. The Morgan fingerprint density at radius 2 is 1.83 bits per heavy atom. The summed E-state index contributed by atoms with van der Waals surface area (Å²) >= 11 is 0. The number of methoxy groups -OCH3 is 1. The molecule has 3 amide bonds. The standard InChI is InChI=1S/C22H30N2O6/c1-15(2)19-14-30-22(27)24(19)21(26)17(12-16-4-6-18(28-3)7-5-16)13-20(25)23-8-10-29-11-9-23/h4-7,15,17,19H,8-14H2,1-3H3. The number of rotatable bonds is 7. The van der Waals surface area contributed by atoms with E-state index in [9.17, 15) is 14.4 Å². The van der Waals surface area contributed by atoms with E-state index in [1.165, 1.54) is 4.90 Å². The van der Waals surface area contributed by atoms with Crippen LogP contribution in [0.1, 0.15) is 25.8 Å². The Hall–Kier alpha value is -2.61. The molecule has 8 nitrogen and oxygen atoms in total. The SMILES string of the molecule is COc1ccc(CC(CC(=O)N2CCOCC2)C(=O)N2C(=O)OCC2C(C)C)cc1. The van der Waals surface area contributed by atoms with Crippen LogP contribution in [0.25, 0.3) is 0 Å². The molecular formula is C22H30N2O6. The number of ether oxygens (including phenoxy) is 3. The quantitative estimate of drug-likeness (QED) is 0.674. The lowest BCUT2D eigenvalue weighted by atomic mass is 9.92. The highest BCUT2D eigenvalue weighted by molar-refractivity contribution is 5.96. The van der Waals surface area contributed by atoms with Crippen LogP contribution in [0.2, 0.25) is 0 Å². The molecule has 0 bridgehead atoms. The molecule has 164 valence electrons. The van der Waals surface area contributed by atoms with Crippen LogP contribution in [0, 0.1) is 11.8 Å². The van der Waals surface area contributed by atoms with Crippen LogP contribution in [0.15, 0.2) is 24.3 Å². The number of benzene rings is 1. The fourth-order valence-corrected chi connectivity index (χ4v) is 3.82. The second-order valence-electron chi connectivity index (χ2n) is 8.04. The van der Waals surface area contributed by atoms with Crippen LogP contribution in [-0.4, -0.2) is 73.8 Å². The minimum Gasteiger partial charge on any atom is -0.497 e. The zero-order valence-electron chi connectivity index (χ0n) is 17.8. The maximum absolute atomic E-state index is 13.4.